The molecule has 1 atom stereocenters. The minimum atomic E-state index is -0.907. The van der Waals surface area contributed by atoms with Crippen LogP contribution in [0.15, 0.2) is 28.6 Å². The molecule has 2 aromatic heterocycles. The van der Waals surface area contributed by atoms with E-state index in [1.807, 2.05) is 11.4 Å². The summed E-state index contributed by atoms with van der Waals surface area (Å²) in [5.41, 5.74) is 12.7. The average molecular weight is 378 g/mol. The quantitative estimate of drug-likeness (QED) is 0.375. The zero-order valence-corrected chi connectivity index (χ0v) is 14.4. The second-order valence-electron chi connectivity index (χ2n) is 5.70. The highest BCUT2D eigenvalue weighted by Crippen LogP contribution is 2.43. The van der Waals surface area contributed by atoms with Crippen molar-refractivity contribution in [3.63, 3.8) is 0 Å². The van der Waals surface area contributed by atoms with Crippen molar-refractivity contribution in [1.29, 1.82) is 10.5 Å². The molecule has 1 unspecified atom stereocenters. The molecule has 0 bridgehead atoms. The topological polar surface area (TPSA) is 149 Å². The number of thiophene rings is 1. The molecule has 27 heavy (non-hydrogen) atoms. The minimum absolute atomic E-state index is 0.00495. The third-order valence-electron chi connectivity index (χ3n) is 4.25. The second kappa shape index (κ2) is 6.12. The maximum absolute atomic E-state index is 14.9. The molecule has 0 radical (unpaired) electrons. The van der Waals surface area contributed by atoms with Crippen LogP contribution in [-0.2, 0) is 0 Å². The maximum atomic E-state index is 14.9. The lowest BCUT2D eigenvalue weighted by Crippen LogP contribution is -2.33. The zero-order valence-electron chi connectivity index (χ0n) is 13.6. The first-order chi connectivity index (χ1) is 13.0. The smallest absolute Gasteiger partial charge is 0.211 e. The van der Waals surface area contributed by atoms with Crippen LogP contribution in [0.4, 0.5) is 21.7 Å². The van der Waals surface area contributed by atoms with Crippen molar-refractivity contribution >= 4 is 44.7 Å². The highest BCUT2D eigenvalue weighted by Gasteiger charge is 2.32. The second-order valence-corrected chi connectivity index (χ2v) is 6.64. The normalized spacial score (nSPS) is 15.2. The van der Waals surface area contributed by atoms with Crippen molar-refractivity contribution in [2.45, 2.75) is 6.04 Å². The van der Waals surface area contributed by atoms with E-state index in [1.165, 1.54) is 17.4 Å². The van der Waals surface area contributed by atoms with Crippen LogP contribution in [0.25, 0.3) is 10.1 Å². The summed E-state index contributed by atoms with van der Waals surface area (Å²) in [5.74, 6) is -0.244. The third kappa shape index (κ3) is 2.47. The number of benzene rings is 1. The standard InChI is InChI=1S/C17H11FN8S/c18-9-1-2-10-7(3-4-27-10)11(9)14-12-13(21)8(5-19)15(22)25-16(12)26-17(24-14)23-6-20/h1-4,14H,(H6,21,22,23,24,25,26). The third-order valence-corrected chi connectivity index (χ3v) is 5.14. The van der Waals surface area contributed by atoms with Gasteiger partial charge >= 0.3 is 0 Å². The molecule has 1 aliphatic rings. The molecule has 8 nitrogen and oxygen atoms in total. The largest absolute Gasteiger partial charge is 0.397 e. The van der Waals surface area contributed by atoms with E-state index in [0.29, 0.717) is 10.9 Å². The molecule has 3 aromatic rings. The fourth-order valence-corrected chi connectivity index (χ4v) is 3.91. The van der Waals surface area contributed by atoms with Gasteiger partial charge < -0.3 is 16.8 Å². The molecule has 4 rings (SSSR count). The number of hydrogen-bond donors (Lipinski definition) is 4. The highest BCUT2D eigenvalue weighted by atomic mass is 32.1. The van der Waals surface area contributed by atoms with E-state index >= 15 is 0 Å². The first-order valence-electron chi connectivity index (χ1n) is 7.69. The van der Waals surface area contributed by atoms with Crippen molar-refractivity contribution < 1.29 is 4.39 Å². The Hall–Kier alpha value is -3.89. The Morgan fingerprint density at radius 3 is 2.78 bits per heavy atom. The van der Waals surface area contributed by atoms with E-state index in [2.05, 4.69) is 20.6 Å². The van der Waals surface area contributed by atoms with Crippen LogP contribution in [0.1, 0.15) is 22.7 Å². The predicted octanol–water partition coefficient (Wildman–Crippen LogP) is 2.41. The lowest BCUT2D eigenvalue weighted by molar-refractivity contribution is 0.603. The van der Waals surface area contributed by atoms with Crippen LogP contribution in [0, 0.1) is 28.6 Å². The molecule has 0 fully saturated rings. The van der Waals surface area contributed by atoms with Crippen LogP contribution in [0.5, 0.6) is 0 Å². The summed E-state index contributed by atoms with van der Waals surface area (Å²) in [4.78, 5) is 8.57. The lowest BCUT2D eigenvalue weighted by atomic mass is 9.93. The molecule has 3 heterocycles. The monoisotopic (exact) mass is 378 g/mol. The number of hydrogen-bond acceptors (Lipinski definition) is 9. The molecule has 6 N–H and O–H groups in total. The highest BCUT2D eigenvalue weighted by molar-refractivity contribution is 7.17. The van der Waals surface area contributed by atoms with Crippen LogP contribution >= 0.6 is 11.3 Å². The van der Waals surface area contributed by atoms with Gasteiger partial charge in [0.15, 0.2) is 6.19 Å². The lowest BCUT2D eigenvalue weighted by Gasteiger charge is -2.26. The molecule has 0 saturated heterocycles. The van der Waals surface area contributed by atoms with E-state index in [-0.39, 0.29) is 34.4 Å². The fraction of sp³-hybridized carbons (Fsp3) is 0.0588. The Labute approximate surface area is 156 Å². The Morgan fingerprint density at radius 1 is 1.22 bits per heavy atom. The van der Waals surface area contributed by atoms with Crippen LogP contribution < -0.4 is 22.1 Å². The molecular weight excluding hydrogens is 367 g/mol. The van der Waals surface area contributed by atoms with E-state index < -0.39 is 11.9 Å². The van der Waals surface area contributed by atoms with Gasteiger partial charge in [0.1, 0.15) is 35.1 Å². The Balaban J connectivity index is 2.06. The van der Waals surface area contributed by atoms with Gasteiger partial charge in [-0.1, -0.05) is 0 Å². The SMILES string of the molecule is N#CNC1=NC(c2c(F)ccc3sccc23)c2c(nc(N)c(C#N)c2N)N1. The molecular formula is C17H11FN8S. The molecule has 132 valence electrons. The maximum Gasteiger partial charge on any atom is 0.211 e. The number of rotatable bonds is 1. The van der Waals surface area contributed by atoms with Gasteiger partial charge in [0.2, 0.25) is 5.96 Å². The first-order valence-corrected chi connectivity index (χ1v) is 8.57. The van der Waals surface area contributed by atoms with Crippen molar-refractivity contribution in [2.24, 2.45) is 4.99 Å². The van der Waals surface area contributed by atoms with E-state index in [4.69, 9.17) is 16.7 Å². The van der Waals surface area contributed by atoms with Gasteiger partial charge in [-0.25, -0.2) is 14.4 Å². The van der Waals surface area contributed by atoms with Crippen molar-refractivity contribution in [3.05, 3.63) is 46.1 Å². The Morgan fingerprint density at radius 2 is 2.04 bits per heavy atom. The Bertz CT molecular complexity index is 1200. The van der Waals surface area contributed by atoms with Crippen molar-refractivity contribution in [1.82, 2.24) is 10.3 Å². The molecule has 0 amide bonds. The van der Waals surface area contributed by atoms with Crippen LogP contribution in [-0.4, -0.2) is 10.9 Å². The van der Waals surface area contributed by atoms with Crippen molar-refractivity contribution in [3.8, 4) is 12.3 Å². The van der Waals surface area contributed by atoms with Gasteiger partial charge in [0.25, 0.3) is 0 Å². The Kier molecular flexibility index (Phi) is 3.76. The number of nitrogens with zero attached hydrogens (tertiary/aromatic N) is 4. The van der Waals surface area contributed by atoms with Crippen LogP contribution in [0.2, 0.25) is 0 Å². The molecule has 0 spiro atoms. The minimum Gasteiger partial charge on any atom is -0.397 e. The van der Waals surface area contributed by atoms with E-state index in [1.54, 1.807) is 18.3 Å². The summed E-state index contributed by atoms with van der Waals surface area (Å²) in [6.07, 6.45) is 1.76. The van der Waals surface area contributed by atoms with Gasteiger partial charge in [-0.3, -0.25) is 5.32 Å². The first kappa shape index (κ1) is 16.6. The number of fused-ring (bicyclic) bond motifs is 2. The number of aliphatic imine (C=N–C) groups is 1. The average Bonchev–Trinajstić information content (AvgIpc) is 3.10. The fourth-order valence-electron chi connectivity index (χ4n) is 3.11. The number of nitrogens with one attached hydrogen (secondary N) is 2. The van der Waals surface area contributed by atoms with E-state index in [0.717, 1.165) is 4.70 Å². The number of nitrogens with two attached hydrogens (primary N) is 2. The summed E-state index contributed by atoms with van der Waals surface area (Å²) in [6, 6.07) is 5.85. The number of aromatic nitrogens is 1. The molecule has 1 aliphatic heterocycles. The molecule has 0 saturated carbocycles. The molecule has 0 aliphatic carbocycles. The molecule has 1 aromatic carbocycles. The van der Waals surface area contributed by atoms with Gasteiger partial charge in [0.05, 0.1) is 5.69 Å². The van der Waals surface area contributed by atoms with Crippen LogP contribution in [0.3, 0.4) is 0 Å². The predicted molar refractivity (Wildman–Crippen MR) is 101 cm³/mol. The number of guanidine groups is 1. The molecule has 10 heteroatoms. The van der Waals surface area contributed by atoms with Gasteiger partial charge in [-0.05, 0) is 23.6 Å². The number of anilines is 3. The summed E-state index contributed by atoms with van der Waals surface area (Å²) in [6.45, 7) is 0. The number of nitrogen functional groups attached to an aromatic ring is 2. The number of halogens is 1. The van der Waals surface area contributed by atoms with Gasteiger partial charge in [-0.2, -0.15) is 10.5 Å². The van der Waals surface area contributed by atoms with Crippen molar-refractivity contribution in [2.75, 3.05) is 16.8 Å². The summed E-state index contributed by atoms with van der Waals surface area (Å²) >= 11 is 1.46. The van der Waals surface area contributed by atoms with E-state index in [9.17, 15) is 9.65 Å². The summed E-state index contributed by atoms with van der Waals surface area (Å²) in [5, 5.41) is 26.0. The summed E-state index contributed by atoms with van der Waals surface area (Å²) in [7, 11) is 0. The van der Waals surface area contributed by atoms with Gasteiger partial charge in [-0.15, -0.1) is 11.3 Å². The zero-order chi connectivity index (χ0) is 19.1. The van der Waals surface area contributed by atoms with Gasteiger partial charge in [0, 0.05) is 21.2 Å². The number of nitriles is 2. The number of pyridine rings is 1. The summed E-state index contributed by atoms with van der Waals surface area (Å²) < 4.78 is 15.7.